The van der Waals surface area contributed by atoms with Crippen LogP contribution in [0.3, 0.4) is 0 Å². The molecule has 88 valence electrons. The summed E-state index contributed by atoms with van der Waals surface area (Å²) in [6.45, 7) is 0. The zero-order valence-corrected chi connectivity index (χ0v) is 10.6. The Morgan fingerprint density at radius 1 is 1.31 bits per heavy atom. The first-order chi connectivity index (χ1) is 7.65. The van der Waals surface area contributed by atoms with E-state index in [2.05, 4.69) is 4.72 Å². The van der Waals surface area contributed by atoms with Crippen LogP contribution in [0.15, 0.2) is 21.7 Å². The molecule has 3 rings (SSSR count). The first-order valence-electron chi connectivity index (χ1n) is 5.71. The molecule has 2 aliphatic rings. The topological polar surface area (TPSA) is 46.2 Å². The molecular formula is C11H15NO2S2. The Kier molecular flexibility index (Phi) is 2.57. The fourth-order valence-corrected chi connectivity index (χ4v) is 5.39. The minimum atomic E-state index is -3.25. The van der Waals surface area contributed by atoms with Crippen LogP contribution in [-0.4, -0.2) is 14.5 Å². The molecule has 1 aromatic heterocycles. The summed E-state index contributed by atoms with van der Waals surface area (Å²) in [5, 5.41) is 1.80. The van der Waals surface area contributed by atoms with Crippen molar-refractivity contribution in [2.45, 2.75) is 35.9 Å². The monoisotopic (exact) mass is 257 g/mol. The van der Waals surface area contributed by atoms with Gasteiger partial charge < -0.3 is 0 Å². The van der Waals surface area contributed by atoms with Gasteiger partial charge in [0.2, 0.25) is 10.0 Å². The molecule has 1 aromatic rings. The van der Waals surface area contributed by atoms with Gasteiger partial charge in [0.05, 0.1) is 0 Å². The van der Waals surface area contributed by atoms with E-state index in [1.54, 1.807) is 17.5 Å². The first kappa shape index (κ1) is 10.7. The number of hydrogen-bond donors (Lipinski definition) is 1. The lowest BCUT2D eigenvalue weighted by Gasteiger charge is -2.22. The molecule has 2 fully saturated rings. The highest BCUT2D eigenvalue weighted by Gasteiger charge is 2.41. The minimum Gasteiger partial charge on any atom is -0.207 e. The summed E-state index contributed by atoms with van der Waals surface area (Å²) in [7, 11) is -3.25. The molecule has 0 aromatic carbocycles. The highest BCUT2D eigenvalue weighted by molar-refractivity contribution is 7.91. The molecule has 16 heavy (non-hydrogen) atoms. The van der Waals surface area contributed by atoms with Crippen molar-refractivity contribution in [3.8, 4) is 0 Å². The van der Waals surface area contributed by atoms with Crippen molar-refractivity contribution in [1.29, 1.82) is 0 Å². The van der Waals surface area contributed by atoms with Gasteiger partial charge in [-0.05, 0) is 42.5 Å². The van der Waals surface area contributed by atoms with Gasteiger partial charge in [-0.25, -0.2) is 13.1 Å². The standard InChI is InChI=1S/C11H15NO2S2/c13-16(14,11-2-1-5-15-11)12-10-7-8-3-4-9(10)6-8/h1-2,5,8-10,12H,3-4,6-7H2/t8-,9-,10+/m1/s1. The van der Waals surface area contributed by atoms with E-state index >= 15 is 0 Å². The molecule has 0 amide bonds. The molecule has 0 saturated heterocycles. The molecule has 3 nitrogen and oxygen atoms in total. The molecule has 1 N–H and O–H groups in total. The van der Waals surface area contributed by atoms with Crippen LogP contribution in [0.1, 0.15) is 25.7 Å². The van der Waals surface area contributed by atoms with E-state index in [0.717, 1.165) is 12.3 Å². The van der Waals surface area contributed by atoms with Crippen LogP contribution in [0.5, 0.6) is 0 Å². The molecule has 2 bridgehead atoms. The van der Waals surface area contributed by atoms with Gasteiger partial charge in [-0.1, -0.05) is 12.5 Å². The summed E-state index contributed by atoms with van der Waals surface area (Å²) in [5.41, 5.74) is 0. The number of hydrogen-bond acceptors (Lipinski definition) is 3. The van der Waals surface area contributed by atoms with Crippen LogP contribution in [0.25, 0.3) is 0 Å². The molecule has 3 atom stereocenters. The van der Waals surface area contributed by atoms with E-state index in [4.69, 9.17) is 0 Å². The molecule has 5 heteroatoms. The quantitative estimate of drug-likeness (QED) is 0.902. The second kappa shape index (κ2) is 3.82. The SMILES string of the molecule is O=S(=O)(N[C@H]1C[C@@H]2CC[C@@H]1C2)c1cccs1. The van der Waals surface area contributed by atoms with E-state index in [1.165, 1.54) is 30.6 Å². The number of nitrogens with one attached hydrogen (secondary N) is 1. The Morgan fingerprint density at radius 2 is 2.19 bits per heavy atom. The number of thiophene rings is 1. The fraction of sp³-hybridized carbons (Fsp3) is 0.636. The predicted molar refractivity (Wildman–Crippen MR) is 63.9 cm³/mol. The second-order valence-corrected chi connectivity index (χ2v) is 7.72. The third-order valence-corrected chi connectivity index (χ3v) is 6.69. The maximum Gasteiger partial charge on any atom is 0.250 e. The van der Waals surface area contributed by atoms with Crippen LogP contribution >= 0.6 is 11.3 Å². The van der Waals surface area contributed by atoms with Gasteiger partial charge in [0, 0.05) is 6.04 Å². The fourth-order valence-electron chi connectivity index (χ4n) is 3.06. The maximum atomic E-state index is 12.0. The van der Waals surface area contributed by atoms with Crippen LogP contribution in [0.4, 0.5) is 0 Å². The molecule has 0 unspecified atom stereocenters. The predicted octanol–water partition coefficient (Wildman–Crippen LogP) is 2.21. The average Bonchev–Trinajstić information content (AvgIpc) is 2.94. The van der Waals surface area contributed by atoms with Gasteiger partial charge in [-0.15, -0.1) is 11.3 Å². The third-order valence-electron chi connectivity index (χ3n) is 3.80. The molecule has 0 aliphatic heterocycles. The van der Waals surface area contributed by atoms with E-state index in [-0.39, 0.29) is 6.04 Å². The molecule has 2 aliphatic carbocycles. The van der Waals surface area contributed by atoms with Crippen molar-refractivity contribution in [3.63, 3.8) is 0 Å². The van der Waals surface area contributed by atoms with E-state index in [9.17, 15) is 8.42 Å². The van der Waals surface area contributed by atoms with Gasteiger partial charge in [0.1, 0.15) is 4.21 Å². The van der Waals surface area contributed by atoms with Crippen LogP contribution in [0, 0.1) is 11.8 Å². The summed E-state index contributed by atoms with van der Waals surface area (Å²) in [5.74, 6) is 1.35. The summed E-state index contributed by atoms with van der Waals surface area (Å²) >= 11 is 1.28. The number of sulfonamides is 1. The minimum absolute atomic E-state index is 0.186. The maximum absolute atomic E-state index is 12.0. The lowest BCUT2D eigenvalue weighted by molar-refractivity contribution is 0.390. The summed E-state index contributed by atoms with van der Waals surface area (Å²) in [4.78, 5) is 0. The van der Waals surface area contributed by atoms with Gasteiger partial charge in [-0.2, -0.15) is 0 Å². The molecule has 1 heterocycles. The van der Waals surface area contributed by atoms with Gasteiger partial charge >= 0.3 is 0 Å². The number of rotatable bonds is 3. The van der Waals surface area contributed by atoms with Crippen molar-refractivity contribution >= 4 is 21.4 Å². The average molecular weight is 257 g/mol. The van der Waals surface area contributed by atoms with Gasteiger partial charge in [0.15, 0.2) is 0 Å². The van der Waals surface area contributed by atoms with Crippen molar-refractivity contribution in [1.82, 2.24) is 4.72 Å². The van der Waals surface area contributed by atoms with Crippen LogP contribution in [0.2, 0.25) is 0 Å². The van der Waals surface area contributed by atoms with E-state index in [0.29, 0.717) is 10.1 Å². The normalized spacial score (nSPS) is 33.4. The smallest absolute Gasteiger partial charge is 0.207 e. The number of fused-ring (bicyclic) bond motifs is 2. The largest absolute Gasteiger partial charge is 0.250 e. The Morgan fingerprint density at radius 3 is 2.75 bits per heavy atom. The highest BCUT2D eigenvalue weighted by atomic mass is 32.2. The van der Waals surface area contributed by atoms with E-state index in [1.807, 2.05) is 0 Å². The van der Waals surface area contributed by atoms with Gasteiger partial charge in [0.25, 0.3) is 0 Å². The zero-order valence-electron chi connectivity index (χ0n) is 8.93. The van der Waals surface area contributed by atoms with E-state index < -0.39 is 10.0 Å². The Hall–Kier alpha value is -0.390. The summed E-state index contributed by atoms with van der Waals surface area (Å²) in [6.07, 6.45) is 4.75. The Bertz CT molecular complexity index is 466. The lowest BCUT2D eigenvalue weighted by Crippen LogP contribution is -2.38. The second-order valence-electron chi connectivity index (χ2n) is 4.83. The van der Waals surface area contributed by atoms with Crippen molar-refractivity contribution in [3.05, 3.63) is 17.5 Å². The lowest BCUT2D eigenvalue weighted by atomic mass is 9.96. The van der Waals surface area contributed by atoms with Crippen LogP contribution in [-0.2, 0) is 10.0 Å². The van der Waals surface area contributed by atoms with Crippen LogP contribution < -0.4 is 4.72 Å². The van der Waals surface area contributed by atoms with Crippen molar-refractivity contribution in [2.24, 2.45) is 11.8 Å². The first-order valence-corrected chi connectivity index (χ1v) is 8.07. The molecule has 0 radical (unpaired) electrons. The Balaban J connectivity index is 1.76. The Labute approximate surface area is 99.9 Å². The highest BCUT2D eigenvalue weighted by Crippen LogP contribution is 2.44. The van der Waals surface area contributed by atoms with Gasteiger partial charge in [-0.3, -0.25) is 0 Å². The molecule has 2 saturated carbocycles. The summed E-state index contributed by atoms with van der Waals surface area (Å²) < 4.78 is 27.4. The van der Waals surface area contributed by atoms with Crippen molar-refractivity contribution < 1.29 is 8.42 Å². The zero-order chi connectivity index (χ0) is 11.2. The summed E-state index contributed by atoms with van der Waals surface area (Å²) in [6, 6.07) is 3.63. The van der Waals surface area contributed by atoms with Crippen molar-refractivity contribution in [2.75, 3.05) is 0 Å². The molecule has 0 spiro atoms. The molecular weight excluding hydrogens is 242 g/mol. The third kappa shape index (κ3) is 1.81.